The first kappa shape index (κ1) is 14.4. The van der Waals surface area contributed by atoms with Gasteiger partial charge in [0.25, 0.3) is 0 Å². The Morgan fingerprint density at radius 1 is 1.26 bits per heavy atom. The monoisotopic (exact) mass is 271 g/mol. The molecule has 5 heteroatoms. The van der Waals surface area contributed by atoms with Crippen molar-refractivity contribution in [2.24, 2.45) is 5.92 Å². The number of aliphatic hydroxyl groups is 2. The van der Waals surface area contributed by atoms with Crippen LogP contribution in [0.3, 0.4) is 0 Å². The first-order chi connectivity index (χ1) is 8.97. The average Bonchev–Trinajstić information content (AvgIpc) is 3.11. The maximum atomic E-state index is 13.5. The summed E-state index contributed by atoms with van der Waals surface area (Å²) in [5.74, 6) is -1.04. The maximum absolute atomic E-state index is 13.5. The van der Waals surface area contributed by atoms with Gasteiger partial charge < -0.3 is 15.1 Å². The van der Waals surface area contributed by atoms with E-state index in [1.54, 1.807) is 11.9 Å². The van der Waals surface area contributed by atoms with E-state index in [0.29, 0.717) is 12.5 Å². The van der Waals surface area contributed by atoms with E-state index in [4.69, 9.17) is 0 Å². The number of rotatable bonds is 6. The second kappa shape index (κ2) is 5.94. The lowest BCUT2D eigenvalue weighted by Crippen LogP contribution is -2.33. The van der Waals surface area contributed by atoms with Gasteiger partial charge in [-0.3, -0.25) is 0 Å². The summed E-state index contributed by atoms with van der Waals surface area (Å²) in [5, 5.41) is 19.7. The summed E-state index contributed by atoms with van der Waals surface area (Å²) in [6, 6.07) is 3.14. The molecule has 106 valence electrons. The molecule has 2 unspecified atom stereocenters. The summed E-state index contributed by atoms with van der Waals surface area (Å²) in [4.78, 5) is 1.76. The molecule has 0 heterocycles. The van der Waals surface area contributed by atoms with Crippen LogP contribution in [0, 0.1) is 17.6 Å². The first-order valence-corrected chi connectivity index (χ1v) is 6.47. The largest absolute Gasteiger partial charge is 0.392 e. The van der Waals surface area contributed by atoms with Gasteiger partial charge in [-0.15, -0.1) is 0 Å². The topological polar surface area (TPSA) is 43.7 Å². The minimum absolute atomic E-state index is 0.0779. The van der Waals surface area contributed by atoms with Crippen LogP contribution < -0.4 is 0 Å². The van der Waals surface area contributed by atoms with Gasteiger partial charge >= 0.3 is 0 Å². The molecule has 19 heavy (non-hydrogen) atoms. The second-order valence-corrected chi connectivity index (χ2v) is 5.31. The van der Waals surface area contributed by atoms with E-state index in [1.807, 2.05) is 0 Å². The van der Waals surface area contributed by atoms with Crippen LogP contribution in [0.25, 0.3) is 0 Å². The van der Waals surface area contributed by atoms with Gasteiger partial charge in [0.2, 0.25) is 0 Å². The SMILES string of the molecule is CN(CC(O)c1ccc(F)cc1F)CC(O)C1CC1. The highest BCUT2D eigenvalue weighted by molar-refractivity contribution is 5.21. The van der Waals surface area contributed by atoms with Crippen LogP contribution in [0.4, 0.5) is 8.78 Å². The standard InChI is InChI=1S/C14H19F2NO2/c1-17(7-13(18)9-2-3-9)8-14(19)11-5-4-10(15)6-12(11)16/h4-6,9,13-14,18-19H,2-3,7-8H2,1H3. The molecular formula is C14H19F2NO2. The minimum Gasteiger partial charge on any atom is -0.392 e. The van der Waals surface area contributed by atoms with Crippen LogP contribution in [0.5, 0.6) is 0 Å². The van der Waals surface area contributed by atoms with Gasteiger partial charge in [0.15, 0.2) is 0 Å². The molecule has 0 aromatic heterocycles. The number of hydrogen-bond acceptors (Lipinski definition) is 3. The predicted octanol–water partition coefficient (Wildman–Crippen LogP) is 1.70. The molecule has 2 rings (SSSR count). The molecule has 1 aliphatic carbocycles. The van der Waals surface area contributed by atoms with Crippen molar-refractivity contribution in [3.63, 3.8) is 0 Å². The van der Waals surface area contributed by atoms with E-state index >= 15 is 0 Å². The number of hydrogen-bond donors (Lipinski definition) is 2. The van der Waals surface area contributed by atoms with Crippen LogP contribution in [0.15, 0.2) is 18.2 Å². The fraction of sp³-hybridized carbons (Fsp3) is 0.571. The molecule has 0 amide bonds. The summed E-state index contributed by atoms with van der Waals surface area (Å²) in [6.07, 6.45) is 0.668. The van der Waals surface area contributed by atoms with Crippen molar-refractivity contribution in [3.05, 3.63) is 35.4 Å². The molecule has 0 spiro atoms. The minimum atomic E-state index is -1.03. The molecule has 2 atom stereocenters. The van der Waals surface area contributed by atoms with E-state index in [-0.39, 0.29) is 12.1 Å². The lowest BCUT2D eigenvalue weighted by atomic mass is 10.1. The fourth-order valence-electron chi connectivity index (χ4n) is 2.19. The Hall–Kier alpha value is -1.04. The fourth-order valence-corrected chi connectivity index (χ4v) is 2.19. The predicted molar refractivity (Wildman–Crippen MR) is 67.5 cm³/mol. The lowest BCUT2D eigenvalue weighted by molar-refractivity contribution is 0.0720. The van der Waals surface area contributed by atoms with E-state index in [1.165, 1.54) is 6.07 Å². The van der Waals surface area contributed by atoms with Gasteiger partial charge in [0, 0.05) is 24.7 Å². The number of likely N-dealkylation sites (N-methyl/N-ethyl adjacent to an activating group) is 1. The third-order valence-corrected chi connectivity index (χ3v) is 3.47. The molecule has 0 saturated heterocycles. The summed E-state index contributed by atoms with van der Waals surface area (Å²) >= 11 is 0. The van der Waals surface area contributed by atoms with Crippen molar-refractivity contribution in [1.29, 1.82) is 0 Å². The van der Waals surface area contributed by atoms with Crippen LogP contribution in [0.1, 0.15) is 24.5 Å². The van der Waals surface area contributed by atoms with Gasteiger partial charge in [0.05, 0.1) is 12.2 Å². The Bertz CT molecular complexity index is 437. The molecule has 1 aromatic rings. The van der Waals surface area contributed by atoms with Crippen molar-refractivity contribution >= 4 is 0 Å². The normalized spacial score (nSPS) is 18.6. The highest BCUT2D eigenvalue weighted by Crippen LogP contribution is 2.32. The Morgan fingerprint density at radius 3 is 2.53 bits per heavy atom. The van der Waals surface area contributed by atoms with Gasteiger partial charge in [-0.1, -0.05) is 6.07 Å². The van der Waals surface area contributed by atoms with Gasteiger partial charge in [-0.2, -0.15) is 0 Å². The third kappa shape index (κ3) is 3.96. The third-order valence-electron chi connectivity index (χ3n) is 3.47. The molecule has 2 N–H and O–H groups in total. The molecule has 0 radical (unpaired) electrons. The number of aliphatic hydroxyl groups excluding tert-OH is 2. The number of benzene rings is 1. The van der Waals surface area contributed by atoms with E-state index < -0.39 is 23.8 Å². The summed E-state index contributed by atoms with van der Waals surface area (Å²) in [5.41, 5.74) is 0.0779. The maximum Gasteiger partial charge on any atom is 0.131 e. The van der Waals surface area contributed by atoms with Crippen LogP contribution >= 0.6 is 0 Å². The Morgan fingerprint density at radius 2 is 1.95 bits per heavy atom. The molecular weight excluding hydrogens is 252 g/mol. The quantitative estimate of drug-likeness (QED) is 0.827. The van der Waals surface area contributed by atoms with Crippen molar-refractivity contribution in [2.75, 3.05) is 20.1 Å². The smallest absolute Gasteiger partial charge is 0.131 e. The van der Waals surface area contributed by atoms with Gasteiger partial charge in [-0.05, 0) is 31.9 Å². The summed E-state index contributed by atoms with van der Waals surface area (Å²) in [6.45, 7) is 0.650. The molecule has 1 saturated carbocycles. The molecule has 1 aromatic carbocycles. The highest BCUT2D eigenvalue weighted by Gasteiger charge is 2.30. The molecule has 0 bridgehead atoms. The summed E-state index contributed by atoms with van der Waals surface area (Å²) < 4.78 is 26.3. The van der Waals surface area contributed by atoms with E-state index in [0.717, 1.165) is 25.0 Å². The molecule has 1 aliphatic rings. The molecule has 1 fully saturated rings. The van der Waals surface area contributed by atoms with Crippen LogP contribution in [-0.4, -0.2) is 41.4 Å². The second-order valence-electron chi connectivity index (χ2n) is 5.31. The van der Waals surface area contributed by atoms with Crippen molar-refractivity contribution in [1.82, 2.24) is 4.90 Å². The Labute approximate surface area is 111 Å². The lowest BCUT2D eigenvalue weighted by Gasteiger charge is -2.23. The molecule has 3 nitrogen and oxygen atoms in total. The Balaban J connectivity index is 1.90. The zero-order chi connectivity index (χ0) is 14.0. The average molecular weight is 271 g/mol. The summed E-state index contributed by atoms with van der Waals surface area (Å²) in [7, 11) is 1.76. The van der Waals surface area contributed by atoms with E-state index in [2.05, 4.69) is 0 Å². The van der Waals surface area contributed by atoms with Crippen molar-refractivity contribution in [3.8, 4) is 0 Å². The van der Waals surface area contributed by atoms with Gasteiger partial charge in [-0.25, -0.2) is 8.78 Å². The van der Waals surface area contributed by atoms with E-state index in [9.17, 15) is 19.0 Å². The Kier molecular flexibility index (Phi) is 4.50. The van der Waals surface area contributed by atoms with Crippen molar-refractivity contribution in [2.45, 2.75) is 25.0 Å². The van der Waals surface area contributed by atoms with Crippen LogP contribution in [-0.2, 0) is 0 Å². The van der Waals surface area contributed by atoms with Crippen molar-refractivity contribution < 1.29 is 19.0 Å². The molecule has 0 aliphatic heterocycles. The zero-order valence-electron chi connectivity index (χ0n) is 10.9. The highest BCUT2D eigenvalue weighted by atomic mass is 19.1. The zero-order valence-corrected chi connectivity index (χ0v) is 10.9. The number of nitrogens with zero attached hydrogens (tertiary/aromatic N) is 1. The van der Waals surface area contributed by atoms with Gasteiger partial charge in [0.1, 0.15) is 11.6 Å². The number of halogens is 2. The first-order valence-electron chi connectivity index (χ1n) is 6.47. The van der Waals surface area contributed by atoms with Crippen LogP contribution in [0.2, 0.25) is 0 Å².